The van der Waals surface area contributed by atoms with Gasteiger partial charge in [-0.2, -0.15) is 0 Å². The predicted molar refractivity (Wildman–Crippen MR) is 86.4 cm³/mol. The van der Waals surface area contributed by atoms with Crippen LogP contribution in [-0.2, 0) is 14.6 Å². The van der Waals surface area contributed by atoms with Gasteiger partial charge in [-0.1, -0.05) is 13.8 Å². The molecule has 0 aromatic rings. The highest BCUT2D eigenvalue weighted by Crippen LogP contribution is 2.29. The lowest BCUT2D eigenvalue weighted by Crippen LogP contribution is -2.52. The van der Waals surface area contributed by atoms with Gasteiger partial charge < -0.3 is 10.6 Å². The van der Waals surface area contributed by atoms with Gasteiger partial charge in [0.2, 0.25) is 5.91 Å². The van der Waals surface area contributed by atoms with E-state index in [4.69, 9.17) is 0 Å². The summed E-state index contributed by atoms with van der Waals surface area (Å²) in [7, 11) is -2.89. The standard InChI is InChI=1S/C14H26N2O3S.ClH/c1-14(2)5-3-6-15-12(14)9-16-13(17)8-11-4-7-20(18,19)10-11;/h11-12,15H,3-10H2,1-2H3,(H,16,17);1H. The minimum Gasteiger partial charge on any atom is -0.355 e. The van der Waals surface area contributed by atoms with E-state index < -0.39 is 9.84 Å². The Labute approximate surface area is 134 Å². The third-order valence-corrected chi connectivity index (χ3v) is 6.47. The van der Waals surface area contributed by atoms with E-state index in [1.54, 1.807) is 0 Å². The molecular formula is C14H27ClN2O3S. The second-order valence-electron chi connectivity index (χ2n) is 6.88. The van der Waals surface area contributed by atoms with E-state index in [1.165, 1.54) is 12.8 Å². The number of hydrogen-bond donors (Lipinski definition) is 2. The number of hydrogen-bond acceptors (Lipinski definition) is 4. The molecular weight excluding hydrogens is 312 g/mol. The van der Waals surface area contributed by atoms with Crippen LogP contribution in [0.3, 0.4) is 0 Å². The predicted octanol–water partition coefficient (Wildman–Crippen LogP) is 1.13. The molecule has 2 rings (SSSR count). The molecule has 0 radical (unpaired) electrons. The summed E-state index contributed by atoms with van der Waals surface area (Å²) in [5.74, 6) is 0.401. The summed E-state index contributed by atoms with van der Waals surface area (Å²) < 4.78 is 22.7. The number of sulfone groups is 1. The summed E-state index contributed by atoms with van der Waals surface area (Å²) in [6.07, 6.45) is 3.31. The molecule has 0 aromatic heterocycles. The third kappa shape index (κ3) is 5.42. The van der Waals surface area contributed by atoms with Crippen molar-refractivity contribution in [3.05, 3.63) is 0 Å². The van der Waals surface area contributed by atoms with Crippen molar-refractivity contribution in [3.8, 4) is 0 Å². The molecule has 0 bridgehead atoms. The fraction of sp³-hybridized carbons (Fsp3) is 0.929. The van der Waals surface area contributed by atoms with E-state index in [2.05, 4.69) is 24.5 Å². The van der Waals surface area contributed by atoms with Crippen LogP contribution in [0.1, 0.15) is 39.5 Å². The van der Waals surface area contributed by atoms with Crippen LogP contribution in [0, 0.1) is 11.3 Å². The van der Waals surface area contributed by atoms with Crippen molar-refractivity contribution in [2.24, 2.45) is 11.3 Å². The first kappa shape index (κ1) is 18.7. The first-order valence-corrected chi connectivity index (χ1v) is 9.31. The van der Waals surface area contributed by atoms with E-state index in [0.29, 0.717) is 25.4 Å². The summed E-state index contributed by atoms with van der Waals surface area (Å²) >= 11 is 0. The molecule has 0 saturated carbocycles. The topological polar surface area (TPSA) is 75.3 Å². The molecule has 1 amide bonds. The molecule has 2 fully saturated rings. The SMILES string of the molecule is CC1(C)CCCNC1CNC(=O)CC1CCS(=O)(=O)C1.Cl. The smallest absolute Gasteiger partial charge is 0.220 e. The molecule has 2 heterocycles. The summed E-state index contributed by atoms with van der Waals surface area (Å²) in [5, 5.41) is 6.43. The Kier molecular flexibility index (Phi) is 6.50. The highest BCUT2D eigenvalue weighted by molar-refractivity contribution is 7.91. The summed E-state index contributed by atoms with van der Waals surface area (Å²) in [6.45, 7) is 6.08. The van der Waals surface area contributed by atoms with Gasteiger partial charge in [0.25, 0.3) is 0 Å². The molecule has 7 heteroatoms. The van der Waals surface area contributed by atoms with Crippen molar-refractivity contribution in [2.45, 2.75) is 45.6 Å². The van der Waals surface area contributed by atoms with Crippen LogP contribution in [0.4, 0.5) is 0 Å². The number of halogens is 1. The van der Waals surface area contributed by atoms with Crippen molar-refractivity contribution in [1.29, 1.82) is 0 Å². The number of carbonyl (C=O) groups excluding carboxylic acids is 1. The average molecular weight is 339 g/mol. The Morgan fingerprint density at radius 2 is 2.10 bits per heavy atom. The zero-order chi connectivity index (χ0) is 14.8. The number of rotatable bonds is 4. The van der Waals surface area contributed by atoms with Gasteiger partial charge in [0, 0.05) is 19.0 Å². The van der Waals surface area contributed by atoms with Gasteiger partial charge in [-0.3, -0.25) is 4.79 Å². The molecule has 5 nitrogen and oxygen atoms in total. The second kappa shape index (κ2) is 7.29. The summed E-state index contributed by atoms with van der Waals surface area (Å²) in [6, 6.07) is 0.299. The Hall–Kier alpha value is -0.330. The normalized spacial score (nSPS) is 30.4. The second-order valence-corrected chi connectivity index (χ2v) is 9.10. The van der Waals surface area contributed by atoms with Gasteiger partial charge in [0.05, 0.1) is 11.5 Å². The minimum atomic E-state index is -2.89. The van der Waals surface area contributed by atoms with Crippen molar-refractivity contribution >= 4 is 28.2 Å². The molecule has 2 atom stereocenters. The Morgan fingerprint density at radius 3 is 2.67 bits per heavy atom. The van der Waals surface area contributed by atoms with Crippen LogP contribution in [0.2, 0.25) is 0 Å². The van der Waals surface area contributed by atoms with E-state index in [9.17, 15) is 13.2 Å². The molecule has 2 saturated heterocycles. The van der Waals surface area contributed by atoms with Crippen LogP contribution in [0.25, 0.3) is 0 Å². The first-order valence-electron chi connectivity index (χ1n) is 7.49. The molecule has 21 heavy (non-hydrogen) atoms. The lowest BCUT2D eigenvalue weighted by molar-refractivity contribution is -0.122. The largest absolute Gasteiger partial charge is 0.355 e. The van der Waals surface area contributed by atoms with Gasteiger partial charge in [-0.15, -0.1) is 12.4 Å². The fourth-order valence-electron chi connectivity index (χ4n) is 3.20. The van der Waals surface area contributed by atoms with Gasteiger partial charge in [0.1, 0.15) is 0 Å². The van der Waals surface area contributed by atoms with Gasteiger partial charge in [-0.05, 0) is 37.1 Å². The minimum absolute atomic E-state index is 0. The molecule has 2 unspecified atom stereocenters. The van der Waals surface area contributed by atoms with Crippen LogP contribution in [-0.4, -0.2) is 45.0 Å². The Balaban J connectivity index is 0.00000220. The summed E-state index contributed by atoms with van der Waals surface area (Å²) in [5.41, 5.74) is 0.197. The lowest BCUT2D eigenvalue weighted by atomic mass is 9.77. The zero-order valence-electron chi connectivity index (χ0n) is 12.9. The van der Waals surface area contributed by atoms with Gasteiger partial charge in [-0.25, -0.2) is 8.42 Å². The molecule has 0 aromatic carbocycles. The van der Waals surface area contributed by atoms with Crippen molar-refractivity contribution < 1.29 is 13.2 Å². The van der Waals surface area contributed by atoms with E-state index in [0.717, 1.165) is 6.54 Å². The molecule has 0 spiro atoms. The summed E-state index contributed by atoms with van der Waals surface area (Å²) in [4.78, 5) is 11.9. The lowest BCUT2D eigenvalue weighted by Gasteiger charge is -2.39. The average Bonchev–Trinajstić information content (AvgIpc) is 2.66. The van der Waals surface area contributed by atoms with E-state index >= 15 is 0 Å². The van der Waals surface area contributed by atoms with Crippen LogP contribution >= 0.6 is 12.4 Å². The van der Waals surface area contributed by atoms with Crippen LogP contribution in [0.5, 0.6) is 0 Å². The maximum Gasteiger partial charge on any atom is 0.220 e. The Morgan fingerprint density at radius 1 is 1.38 bits per heavy atom. The quantitative estimate of drug-likeness (QED) is 0.805. The molecule has 124 valence electrons. The van der Waals surface area contributed by atoms with Crippen LogP contribution < -0.4 is 10.6 Å². The number of nitrogens with one attached hydrogen (secondary N) is 2. The number of piperidine rings is 1. The molecule has 2 aliphatic heterocycles. The van der Waals surface area contributed by atoms with Crippen LogP contribution in [0.15, 0.2) is 0 Å². The maximum absolute atomic E-state index is 11.9. The number of carbonyl (C=O) groups is 1. The van der Waals surface area contributed by atoms with Crippen molar-refractivity contribution in [3.63, 3.8) is 0 Å². The van der Waals surface area contributed by atoms with Crippen molar-refractivity contribution in [1.82, 2.24) is 10.6 Å². The van der Waals surface area contributed by atoms with Crippen molar-refractivity contribution in [2.75, 3.05) is 24.6 Å². The fourth-order valence-corrected chi connectivity index (χ4v) is 5.06. The first-order chi connectivity index (χ1) is 9.28. The molecule has 0 aliphatic carbocycles. The highest BCUT2D eigenvalue weighted by atomic mass is 35.5. The Bertz CT molecular complexity index is 465. The van der Waals surface area contributed by atoms with E-state index in [-0.39, 0.29) is 41.2 Å². The molecule has 2 N–H and O–H groups in total. The van der Waals surface area contributed by atoms with Gasteiger partial charge >= 0.3 is 0 Å². The number of amides is 1. The zero-order valence-corrected chi connectivity index (χ0v) is 14.5. The highest BCUT2D eigenvalue weighted by Gasteiger charge is 2.33. The van der Waals surface area contributed by atoms with E-state index in [1.807, 2.05) is 0 Å². The third-order valence-electron chi connectivity index (χ3n) is 4.64. The van der Waals surface area contributed by atoms with Gasteiger partial charge in [0.15, 0.2) is 9.84 Å². The molecule has 2 aliphatic rings. The maximum atomic E-state index is 11.9. The monoisotopic (exact) mass is 338 g/mol.